The van der Waals surface area contributed by atoms with Gasteiger partial charge in [0.2, 0.25) is 0 Å². The minimum atomic E-state index is -1.14. The maximum absolute atomic E-state index is 9.93. The van der Waals surface area contributed by atoms with Crippen LogP contribution in [0.1, 0.15) is 49.4 Å². The summed E-state index contributed by atoms with van der Waals surface area (Å²) in [5.74, 6) is -2.67. The normalized spacial score (nSPS) is 19.5. The van der Waals surface area contributed by atoms with Crippen molar-refractivity contribution in [3.05, 3.63) is 199 Å². The van der Waals surface area contributed by atoms with Crippen LogP contribution >= 0.6 is 0 Å². The number of para-hydroxylation sites is 3. The van der Waals surface area contributed by atoms with E-state index in [1.165, 1.54) is 6.92 Å². The van der Waals surface area contributed by atoms with Crippen LogP contribution in [0.4, 0.5) is 0 Å². The van der Waals surface area contributed by atoms with Crippen molar-refractivity contribution in [2.45, 2.75) is 6.92 Å². The molecular weight excluding hydrogens is 695 g/mol. The lowest BCUT2D eigenvalue weighted by atomic mass is 10.0. The predicted molar refractivity (Wildman–Crippen MR) is 235 cm³/mol. The Labute approximate surface area is 374 Å². The Bertz CT molecular complexity index is 4990. The van der Waals surface area contributed by atoms with Gasteiger partial charge in [-0.05, 0) is 78.5 Å². The van der Waals surface area contributed by atoms with E-state index in [2.05, 4.69) is 15.0 Å². The zero-order valence-corrected chi connectivity index (χ0v) is 28.7. The number of aromatic nitrogens is 5. The fourth-order valence-corrected chi connectivity index (χ4v) is 6.14. The number of hydrogen-bond acceptors (Lipinski definition) is 3. The summed E-state index contributed by atoms with van der Waals surface area (Å²) in [6.45, 7) is 1.27. The first-order chi connectivity index (χ1) is 41.5. The highest BCUT2D eigenvalue weighted by Crippen LogP contribution is 2.37. The van der Waals surface area contributed by atoms with Crippen LogP contribution in [0.5, 0.6) is 0 Å². The third-order valence-corrected chi connectivity index (χ3v) is 8.67. The summed E-state index contributed by atoms with van der Waals surface area (Å²) in [5, 5.41) is -2.27. The molecule has 0 spiro atoms. The molecule has 268 valence electrons. The fraction of sp³-hybridized carbons (Fsp3) is 0.0192. The van der Waals surface area contributed by atoms with Crippen LogP contribution in [0.3, 0.4) is 0 Å². The van der Waals surface area contributed by atoms with Crippen molar-refractivity contribution in [3.63, 3.8) is 0 Å². The molecule has 0 aliphatic carbocycles. The lowest BCUT2D eigenvalue weighted by Crippen LogP contribution is -2.01. The standard InChI is InChI=1S/C52H35N5/c1-34-19-21-37(22-20-34)50-53-51(38-25-23-36(24-26-38)35-11-3-2-4-12-35)55-52(54-50)39-27-29-40(30-28-39)56-48-18-10-7-15-44(48)45-33-41(31-32-49(45)56)57-46-16-8-5-13-42(46)43-14-6-9-17-47(43)57/h2-33H,1H3/i2D,3D,4D,5D,6D,7D,8D,9D,10D,11D,12D,13D,14D,15D,16D,17D,18D,19D,20D,21D,22D,23D,24D,25D,26D,27D,28D,29D,30D,31D,32D,33D. The Morgan fingerprint density at radius 3 is 1.25 bits per heavy atom. The van der Waals surface area contributed by atoms with Gasteiger partial charge in [0, 0.05) is 49.6 Å². The van der Waals surface area contributed by atoms with Gasteiger partial charge >= 0.3 is 0 Å². The van der Waals surface area contributed by atoms with Gasteiger partial charge in [0.1, 0.15) is 0 Å². The molecule has 8 aromatic carbocycles. The van der Waals surface area contributed by atoms with Crippen LogP contribution in [-0.4, -0.2) is 24.1 Å². The maximum atomic E-state index is 9.93. The van der Waals surface area contributed by atoms with Gasteiger partial charge in [-0.2, -0.15) is 0 Å². The zero-order chi connectivity index (χ0) is 65.7. The minimum Gasteiger partial charge on any atom is -0.309 e. The number of fused-ring (bicyclic) bond motifs is 6. The number of hydrogen-bond donors (Lipinski definition) is 0. The van der Waals surface area contributed by atoms with Crippen LogP contribution in [0.15, 0.2) is 193 Å². The second-order valence-electron chi connectivity index (χ2n) is 12.1. The van der Waals surface area contributed by atoms with E-state index in [4.69, 9.17) is 28.8 Å². The first-order valence-electron chi connectivity index (χ1n) is 32.7. The monoisotopic (exact) mass is 761 g/mol. The molecule has 11 aromatic rings. The molecule has 5 nitrogen and oxygen atoms in total. The molecule has 0 atom stereocenters. The van der Waals surface area contributed by atoms with Crippen LogP contribution in [0.2, 0.25) is 0 Å². The lowest BCUT2D eigenvalue weighted by molar-refractivity contribution is 1.07. The summed E-state index contributed by atoms with van der Waals surface area (Å²) < 4.78 is 289. The van der Waals surface area contributed by atoms with Gasteiger partial charge in [-0.3, -0.25) is 0 Å². The second kappa shape index (κ2) is 13.3. The predicted octanol–water partition coefficient (Wildman–Crippen LogP) is 13.0. The maximum Gasteiger partial charge on any atom is 0.164 e. The molecule has 0 amide bonds. The smallest absolute Gasteiger partial charge is 0.164 e. The highest BCUT2D eigenvalue weighted by molar-refractivity contribution is 6.12. The third kappa shape index (κ3) is 5.59. The van der Waals surface area contributed by atoms with Crippen molar-refractivity contribution in [1.29, 1.82) is 0 Å². The summed E-state index contributed by atoms with van der Waals surface area (Å²) in [7, 11) is 0. The topological polar surface area (TPSA) is 48.5 Å². The summed E-state index contributed by atoms with van der Waals surface area (Å²) in [6.07, 6.45) is 0. The van der Waals surface area contributed by atoms with Crippen molar-refractivity contribution in [2.24, 2.45) is 0 Å². The van der Waals surface area contributed by atoms with Crippen molar-refractivity contribution in [1.82, 2.24) is 24.1 Å². The molecule has 0 unspecified atom stereocenters. The molecule has 3 heterocycles. The molecule has 0 aliphatic rings. The molecule has 0 saturated carbocycles. The van der Waals surface area contributed by atoms with E-state index < -0.39 is 294 Å². The SMILES string of the molecule is [2H]c1c([2H])c([2H])c(-c2c([2H])c([2H])c(-c3nc(-c4c([2H])c([2H])c(C)c([2H])c4[2H])nc(-c4c([2H])c([2H])c(-n5c6c([2H])c([2H])c([2H])c([2H])c6c6c([2H])c(-n7c8c([2H])c([2H])c([2H])c([2H])c8c8c([2H])c([2H])c([2H])c([2H])c87)c([2H])c([2H])c65)c([2H])c4[2H])n3)c([2H])c2[2H])c([2H])c1[2H]. The minimum absolute atomic E-state index is 0.147. The average Bonchev–Trinajstić information content (AvgIpc) is 1.57. The number of benzene rings is 8. The Kier molecular flexibility index (Phi) is 3.23. The largest absolute Gasteiger partial charge is 0.309 e. The average molecular weight is 762 g/mol. The number of nitrogens with zero attached hydrogens (tertiary/aromatic N) is 5. The summed E-state index contributed by atoms with van der Waals surface area (Å²) >= 11 is 0. The fourth-order valence-electron chi connectivity index (χ4n) is 6.14. The van der Waals surface area contributed by atoms with Gasteiger partial charge in [0.25, 0.3) is 0 Å². The van der Waals surface area contributed by atoms with E-state index in [1.807, 2.05) is 0 Å². The molecular formula is C52H35N5. The van der Waals surface area contributed by atoms with Crippen molar-refractivity contribution < 1.29 is 43.9 Å². The Morgan fingerprint density at radius 2 is 0.702 bits per heavy atom. The van der Waals surface area contributed by atoms with E-state index in [9.17, 15) is 15.1 Å². The highest BCUT2D eigenvalue weighted by atomic mass is 15.0. The van der Waals surface area contributed by atoms with Crippen LogP contribution in [0.25, 0.3) is 100 Å². The highest BCUT2D eigenvalue weighted by Gasteiger charge is 2.17. The number of rotatable bonds is 6. The molecule has 5 heteroatoms. The van der Waals surface area contributed by atoms with Gasteiger partial charge < -0.3 is 9.13 Å². The van der Waals surface area contributed by atoms with Crippen LogP contribution < -0.4 is 0 Å². The first kappa shape index (κ1) is 13.8. The molecule has 0 saturated heterocycles. The Hall–Kier alpha value is -7.63. The second-order valence-corrected chi connectivity index (χ2v) is 12.1. The molecule has 0 bridgehead atoms. The Morgan fingerprint density at radius 1 is 0.333 bits per heavy atom. The third-order valence-electron chi connectivity index (χ3n) is 8.67. The van der Waals surface area contributed by atoms with E-state index in [0.717, 1.165) is 4.57 Å². The summed E-state index contributed by atoms with van der Waals surface area (Å²) in [4.78, 5) is 12.9. The molecule has 0 radical (unpaired) electrons. The molecule has 11 rings (SSSR count). The van der Waals surface area contributed by atoms with Crippen molar-refractivity contribution in [2.75, 3.05) is 0 Å². The molecule has 0 aliphatic heterocycles. The Balaban J connectivity index is 1.26. The van der Waals surface area contributed by atoms with Gasteiger partial charge in [-0.15, -0.1) is 0 Å². The zero-order valence-electron chi connectivity index (χ0n) is 60.7. The van der Waals surface area contributed by atoms with Gasteiger partial charge in [-0.1, -0.05) is 138 Å². The van der Waals surface area contributed by atoms with Crippen LogP contribution in [-0.2, 0) is 0 Å². The van der Waals surface area contributed by atoms with Gasteiger partial charge in [-0.25, -0.2) is 15.0 Å². The lowest BCUT2D eigenvalue weighted by Gasteiger charge is -2.12. The van der Waals surface area contributed by atoms with Crippen molar-refractivity contribution in [3.8, 4) is 56.7 Å². The first-order valence-corrected chi connectivity index (χ1v) is 16.7. The van der Waals surface area contributed by atoms with Gasteiger partial charge in [0.05, 0.1) is 65.9 Å². The molecule has 0 fully saturated rings. The molecule has 57 heavy (non-hydrogen) atoms. The summed E-state index contributed by atoms with van der Waals surface area (Å²) in [5.41, 5.74) is -8.43. The quantitative estimate of drug-likeness (QED) is 0.170. The molecule has 3 aromatic heterocycles. The van der Waals surface area contributed by atoms with E-state index in [0.29, 0.717) is 4.57 Å². The van der Waals surface area contributed by atoms with Crippen molar-refractivity contribution >= 4 is 43.6 Å². The van der Waals surface area contributed by atoms with Gasteiger partial charge in [0.15, 0.2) is 17.5 Å². The molecule has 0 N–H and O–H groups in total. The van der Waals surface area contributed by atoms with E-state index in [-0.39, 0.29) is 5.56 Å². The van der Waals surface area contributed by atoms with Crippen LogP contribution in [0, 0.1) is 6.92 Å². The van der Waals surface area contributed by atoms with E-state index >= 15 is 0 Å². The summed E-state index contributed by atoms with van der Waals surface area (Å²) in [6, 6.07) is -29.4. The van der Waals surface area contributed by atoms with E-state index in [1.54, 1.807) is 0 Å².